The van der Waals surface area contributed by atoms with Gasteiger partial charge in [-0.1, -0.05) is 5.16 Å². The van der Waals surface area contributed by atoms with Crippen LogP contribution in [-0.4, -0.2) is 27.5 Å². The van der Waals surface area contributed by atoms with Crippen LogP contribution in [0.2, 0.25) is 0 Å². The van der Waals surface area contributed by atoms with Crippen molar-refractivity contribution in [1.29, 1.82) is 0 Å². The van der Waals surface area contributed by atoms with Crippen LogP contribution >= 0.6 is 11.3 Å². The van der Waals surface area contributed by atoms with Gasteiger partial charge in [0, 0.05) is 11.4 Å². The van der Waals surface area contributed by atoms with Crippen molar-refractivity contribution in [3.63, 3.8) is 0 Å². The molecule has 1 unspecified atom stereocenters. The van der Waals surface area contributed by atoms with Crippen LogP contribution in [0.3, 0.4) is 0 Å². The van der Waals surface area contributed by atoms with Crippen molar-refractivity contribution >= 4 is 17.2 Å². The third kappa shape index (κ3) is 2.47. The highest BCUT2D eigenvalue weighted by molar-refractivity contribution is 7.13. The van der Waals surface area contributed by atoms with Crippen LogP contribution in [0.15, 0.2) is 16.7 Å². The largest absolute Gasteiger partial charge is 0.337 e. The van der Waals surface area contributed by atoms with E-state index in [2.05, 4.69) is 10.1 Å². The SMILES string of the molecule is Cc1noc(C2CCCCN2C(=O)c2ccc(C)s2)n1. The molecule has 5 nitrogen and oxygen atoms in total. The van der Waals surface area contributed by atoms with Crippen molar-refractivity contribution in [3.05, 3.63) is 33.6 Å². The molecule has 1 fully saturated rings. The maximum atomic E-state index is 12.7. The summed E-state index contributed by atoms with van der Waals surface area (Å²) in [5.74, 6) is 1.25. The number of carbonyl (C=O) groups is 1. The van der Waals surface area contributed by atoms with Crippen molar-refractivity contribution < 1.29 is 9.32 Å². The molecule has 1 aliphatic rings. The first-order chi connectivity index (χ1) is 9.65. The molecule has 1 amide bonds. The lowest BCUT2D eigenvalue weighted by Crippen LogP contribution is -2.38. The van der Waals surface area contributed by atoms with Gasteiger partial charge in [-0.05, 0) is 45.2 Å². The van der Waals surface area contributed by atoms with Crippen molar-refractivity contribution in [3.8, 4) is 0 Å². The first kappa shape index (κ1) is 13.3. The van der Waals surface area contributed by atoms with E-state index in [1.54, 1.807) is 6.92 Å². The molecule has 0 saturated carbocycles. The quantitative estimate of drug-likeness (QED) is 0.853. The summed E-state index contributed by atoms with van der Waals surface area (Å²) in [5.41, 5.74) is 0. The van der Waals surface area contributed by atoms with Gasteiger partial charge in [0.2, 0.25) is 5.89 Å². The van der Waals surface area contributed by atoms with Gasteiger partial charge in [-0.15, -0.1) is 11.3 Å². The number of carbonyl (C=O) groups excluding carboxylic acids is 1. The van der Waals surface area contributed by atoms with E-state index in [0.717, 1.165) is 35.6 Å². The van der Waals surface area contributed by atoms with E-state index >= 15 is 0 Å². The van der Waals surface area contributed by atoms with E-state index in [-0.39, 0.29) is 11.9 Å². The summed E-state index contributed by atoms with van der Waals surface area (Å²) in [6.07, 6.45) is 3.00. The van der Waals surface area contributed by atoms with Crippen LogP contribution in [0.1, 0.15) is 51.6 Å². The molecule has 2 aromatic heterocycles. The van der Waals surface area contributed by atoms with Crippen LogP contribution in [0.25, 0.3) is 0 Å². The number of aryl methyl sites for hydroxylation is 2. The molecule has 2 aromatic rings. The summed E-state index contributed by atoms with van der Waals surface area (Å²) in [6.45, 7) is 4.56. The fourth-order valence-electron chi connectivity index (χ4n) is 2.57. The first-order valence-corrected chi connectivity index (χ1v) is 7.64. The lowest BCUT2D eigenvalue weighted by Gasteiger charge is -2.33. The van der Waals surface area contributed by atoms with Crippen LogP contribution in [0.5, 0.6) is 0 Å². The van der Waals surface area contributed by atoms with Crippen molar-refractivity contribution in [2.75, 3.05) is 6.54 Å². The fourth-order valence-corrected chi connectivity index (χ4v) is 3.39. The molecule has 0 spiro atoms. The van der Waals surface area contributed by atoms with Gasteiger partial charge >= 0.3 is 0 Å². The number of rotatable bonds is 2. The van der Waals surface area contributed by atoms with Gasteiger partial charge in [0.15, 0.2) is 5.82 Å². The molecule has 106 valence electrons. The Bertz CT molecular complexity index is 619. The van der Waals surface area contributed by atoms with E-state index in [9.17, 15) is 4.79 Å². The smallest absolute Gasteiger partial charge is 0.264 e. The van der Waals surface area contributed by atoms with Gasteiger partial charge < -0.3 is 9.42 Å². The van der Waals surface area contributed by atoms with Crippen molar-refractivity contribution in [1.82, 2.24) is 15.0 Å². The average molecular weight is 291 g/mol. The molecular formula is C14H17N3O2S. The Labute approximate surface area is 121 Å². The lowest BCUT2D eigenvalue weighted by atomic mass is 10.0. The van der Waals surface area contributed by atoms with Crippen LogP contribution in [0, 0.1) is 13.8 Å². The highest BCUT2D eigenvalue weighted by Gasteiger charge is 2.32. The van der Waals surface area contributed by atoms with E-state index < -0.39 is 0 Å². The number of hydrogen-bond acceptors (Lipinski definition) is 5. The molecule has 1 saturated heterocycles. The molecule has 0 aromatic carbocycles. The normalized spacial score (nSPS) is 19.3. The van der Waals surface area contributed by atoms with Crippen LogP contribution < -0.4 is 0 Å². The molecular weight excluding hydrogens is 274 g/mol. The summed E-state index contributed by atoms with van der Waals surface area (Å²) < 4.78 is 5.27. The minimum Gasteiger partial charge on any atom is -0.337 e. The Kier molecular flexibility index (Phi) is 3.56. The Hall–Kier alpha value is -1.69. The molecule has 0 bridgehead atoms. The summed E-state index contributed by atoms with van der Waals surface area (Å²) in [6, 6.07) is 3.79. The summed E-state index contributed by atoms with van der Waals surface area (Å²) in [4.78, 5) is 20.8. The number of nitrogens with zero attached hydrogens (tertiary/aromatic N) is 3. The highest BCUT2D eigenvalue weighted by Crippen LogP contribution is 2.32. The molecule has 6 heteroatoms. The Morgan fingerprint density at radius 1 is 1.40 bits per heavy atom. The fraction of sp³-hybridized carbons (Fsp3) is 0.500. The molecule has 0 radical (unpaired) electrons. The molecule has 1 aliphatic heterocycles. The first-order valence-electron chi connectivity index (χ1n) is 6.83. The van der Waals surface area contributed by atoms with E-state index in [4.69, 9.17) is 4.52 Å². The second kappa shape index (κ2) is 5.36. The Morgan fingerprint density at radius 3 is 2.90 bits per heavy atom. The number of likely N-dealkylation sites (tertiary alicyclic amines) is 1. The summed E-state index contributed by atoms with van der Waals surface area (Å²) in [7, 11) is 0. The monoisotopic (exact) mass is 291 g/mol. The van der Waals surface area contributed by atoms with Crippen LogP contribution in [-0.2, 0) is 0 Å². The minimum atomic E-state index is -0.0835. The van der Waals surface area contributed by atoms with Gasteiger partial charge in [-0.2, -0.15) is 4.98 Å². The van der Waals surface area contributed by atoms with Gasteiger partial charge in [-0.3, -0.25) is 4.79 Å². The zero-order valence-corrected chi connectivity index (χ0v) is 12.4. The molecule has 0 N–H and O–H groups in total. The Balaban J connectivity index is 1.87. The minimum absolute atomic E-state index is 0.0728. The predicted molar refractivity (Wildman–Crippen MR) is 75.7 cm³/mol. The Morgan fingerprint density at radius 2 is 2.25 bits per heavy atom. The number of hydrogen-bond donors (Lipinski definition) is 0. The zero-order valence-electron chi connectivity index (χ0n) is 11.6. The standard InChI is InChI=1S/C14H17N3O2S/c1-9-6-7-12(20-9)14(18)17-8-4-3-5-11(17)13-15-10(2)16-19-13/h6-7,11H,3-5,8H2,1-2H3. The predicted octanol–water partition coefficient (Wildman–Crippen LogP) is 3.12. The van der Waals surface area contributed by atoms with Crippen LogP contribution in [0.4, 0.5) is 0 Å². The van der Waals surface area contributed by atoms with E-state index in [0.29, 0.717) is 11.7 Å². The molecule has 20 heavy (non-hydrogen) atoms. The van der Waals surface area contributed by atoms with Gasteiger partial charge in [-0.25, -0.2) is 0 Å². The van der Waals surface area contributed by atoms with Crippen molar-refractivity contribution in [2.24, 2.45) is 0 Å². The van der Waals surface area contributed by atoms with Gasteiger partial charge in [0.05, 0.1) is 4.88 Å². The molecule has 3 heterocycles. The number of thiophene rings is 1. The topological polar surface area (TPSA) is 59.2 Å². The number of amides is 1. The number of piperidine rings is 1. The zero-order chi connectivity index (χ0) is 14.1. The summed E-state index contributed by atoms with van der Waals surface area (Å²) in [5, 5.41) is 3.84. The van der Waals surface area contributed by atoms with Crippen molar-refractivity contribution in [2.45, 2.75) is 39.2 Å². The lowest BCUT2D eigenvalue weighted by molar-refractivity contribution is 0.0566. The second-order valence-corrected chi connectivity index (χ2v) is 6.39. The van der Waals surface area contributed by atoms with E-state index in [1.807, 2.05) is 24.0 Å². The second-order valence-electron chi connectivity index (χ2n) is 5.10. The average Bonchev–Trinajstić information content (AvgIpc) is 3.07. The molecule has 3 rings (SSSR count). The molecule has 0 aliphatic carbocycles. The van der Waals surface area contributed by atoms with Gasteiger partial charge in [0.25, 0.3) is 5.91 Å². The van der Waals surface area contributed by atoms with E-state index in [1.165, 1.54) is 11.3 Å². The third-order valence-electron chi connectivity index (χ3n) is 3.54. The van der Waals surface area contributed by atoms with Gasteiger partial charge in [0.1, 0.15) is 6.04 Å². The number of aromatic nitrogens is 2. The maximum absolute atomic E-state index is 12.7. The summed E-state index contributed by atoms with van der Waals surface area (Å²) >= 11 is 1.53. The molecule has 1 atom stereocenters. The maximum Gasteiger partial charge on any atom is 0.264 e. The highest BCUT2D eigenvalue weighted by atomic mass is 32.1. The third-order valence-corrected chi connectivity index (χ3v) is 4.53.